The van der Waals surface area contributed by atoms with E-state index in [0.29, 0.717) is 0 Å². The van der Waals surface area contributed by atoms with Crippen molar-refractivity contribution in [2.45, 2.75) is 0 Å². The van der Waals surface area contributed by atoms with Crippen LogP contribution in [0.3, 0.4) is 0 Å². The van der Waals surface area contributed by atoms with Crippen molar-refractivity contribution < 1.29 is 118 Å². The minimum Gasteiger partial charge on any atom is -1.00 e. The summed E-state index contributed by atoms with van der Waals surface area (Å²) < 4.78 is 0. The average molecular weight is 513 g/mol. The third kappa shape index (κ3) is 38.5. The van der Waals surface area contributed by atoms with E-state index in [9.17, 15) is 0 Å². The summed E-state index contributed by atoms with van der Waals surface area (Å²) in [7, 11) is 0. The molecule has 0 aliphatic rings. The largest absolute Gasteiger partial charge is 3.00 e. The third-order valence-corrected chi connectivity index (χ3v) is 0. The number of halogens is 5. The predicted molar refractivity (Wildman–Crippen MR) is 5.75 cm³/mol. The van der Waals surface area contributed by atoms with E-state index >= 15 is 0 Å². The van der Waals surface area contributed by atoms with Crippen molar-refractivity contribution in [3.8, 4) is 0 Å². The van der Waals surface area contributed by atoms with Crippen molar-refractivity contribution in [3.05, 3.63) is 0 Å². The molecule has 7 heavy (non-hydrogen) atoms. The summed E-state index contributed by atoms with van der Waals surface area (Å²) in [5, 5.41) is 0. The molecule has 7 heteroatoms. The molecule has 0 rings (SSSR count). The predicted octanol–water partition coefficient (Wildman–Crippen LogP) is -15.4. The maximum Gasteiger partial charge on any atom is 3.00 e. The second-order valence-corrected chi connectivity index (χ2v) is 0. The molecule has 0 fully saturated rings. The van der Waals surface area contributed by atoms with Crippen LogP contribution < -0.4 is 84.9 Å². The Kier molecular flexibility index (Phi) is 451. The molecule has 0 saturated heterocycles. The van der Waals surface area contributed by atoms with E-state index in [2.05, 4.69) is 0 Å². The van der Waals surface area contributed by atoms with E-state index in [0.717, 1.165) is 0 Å². The summed E-state index contributed by atoms with van der Waals surface area (Å²) >= 11 is 0. The fourth-order valence-electron chi connectivity index (χ4n) is 0. The average Bonchev–Trinajstić information content (AvgIpc) is 0. The minimum atomic E-state index is 0. The molecule has 0 aliphatic heterocycles. The van der Waals surface area contributed by atoms with Crippen molar-refractivity contribution in [3.63, 3.8) is 0 Å². The zero-order chi connectivity index (χ0) is 0. The molecule has 0 bridgehead atoms. The summed E-state index contributed by atoms with van der Waals surface area (Å²) in [5.74, 6) is 0. The van der Waals surface area contributed by atoms with Gasteiger partial charge in [-0.3, -0.25) is 0 Å². The van der Waals surface area contributed by atoms with Crippen LogP contribution >= 0.6 is 0 Å². The van der Waals surface area contributed by atoms with E-state index in [1.165, 1.54) is 0 Å². The van der Waals surface area contributed by atoms with Gasteiger partial charge in [0.2, 0.25) is 0 Å². The quantitative estimate of drug-likeness (QED) is 0.283. The van der Waals surface area contributed by atoms with Crippen LogP contribution in [0.25, 0.3) is 0 Å². The Hall–Kier alpha value is 4.27. The van der Waals surface area contributed by atoms with Crippen LogP contribution in [-0.4, -0.2) is 23.1 Å². The van der Waals surface area contributed by atoms with Crippen molar-refractivity contribution in [2.24, 2.45) is 0 Å². The van der Waals surface area contributed by atoms with Gasteiger partial charge in [0, 0.05) is 0 Å². The summed E-state index contributed by atoms with van der Waals surface area (Å²) in [6.07, 6.45) is 0. The van der Waals surface area contributed by atoms with Gasteiger partial charge < -0.3 is 84.9 Å². The van der Waals surface area contributed by atoms with Gasteiger partial charge in [0.1, 0.15) is 0 Å². The number of rotatable bonds is 0. The topological polar surface area (TPSA) is 0 Å². The number of hydrogen-bond acceptors (Lipinski definition) is 0. The van der Waals surface area contributed by atoms with Gasteiger partial charge >= 0.3 is 55.8 Å². The second-order valence-electron chi connectivity index (χ2n) is 0. The Bertz CT molecular complexity index is 8.04. The van der Waals surface area contributed by atoms with Crippen molar-refractivity contribution >= 4 is 23.1 Å². The smallest absolute Gasteiger partial charge is 1.00 e. The van der Waals surface area contributed by atoms with Gasteiger partial charge in [-0.1, -0.05) is 0 Å². The van der Waals surface area contributed by atoms with Crippen LogP contribution in [0.2, 0.25) is 0 Å². The molecule has 0 aromatic heterocycles. The Morgan fingerprint density at radius 2 is 0.429 bits per heavy atom. The van der Waals surface area contributed by atoms with Gasteiger partial charge in [0.15, 0.2) is 0 Å². The van der Waals surface area contributed by atoms with Crippen molar-refractivity contribution in [1.82, 2.24) is 0 Å². The Labute approximate surface area is 138 Å². The minimum absolute atomic E-state index is 0. The molecule has 0 unspecified atom stereocenters. The molecular weight excluding hydrogens is 513 g/mol. The first kappa shape index (κ1) is 65.2. The Morgan fingerprint density at radius 1 is 0.429 bits per heavy atom. The molecule has 0 aromatic carbocycles. The summed E-state index contributed by atoms with van der Waals surface area (Å²) in [4.78, 5) is 0. The first-order chi connectivity index (χ1) is 0. The maximum atomic E-state index is 0. The van der Waals surface area contributed by atoms with Crippen LogP contribution in [0.1, 0.15) is 0 Å². The van der Waals surface area contributed by atoms with Gasteiger partial charge in [0.25, 0.3) is 0 Å². The summed E-state index contributed by atoms with van der Waals surface area (Å²) in [6, 6.07) is 0. The number of hydrogen-bond donors (Lipinski definition) is 0. The fraction of sp³-hybridized carbons (Fsp3) is 0. The molecule has 0 radical (unpaired) electrons. The first-order valence-corrected chi connectivity index (χ1v) is 0. The Balaban J connectivity index is 0. The van der Waals surface area contributed by atoms with Crippen molar-refractivity contribution in [2.75, 3.05) is 0 Å². The SMILES string of the molecule is [Br-].[Br-].[Br-].[Br-].[Br-].[Mg+2].[Y+3]. The molecule has 0 atom stereocenters. The van der Waals surface area contributed by atoms with Crippen LogP contribution in [0.5, 0.6) is 0 Å². The molecule has 0 nitrogen and oxygen atoms in total. The molecule has 0 heterocycles. The van der Waals surface area contributed by atoms with Gasteiger partial charge in [-0.2, -0.15) is 0 Å². The standard InChI is InChI=1S/5BrH.Mg.Y/h5*1H;;/q;;;;;+2;+3/p-5. The van der Waals surface area contributed by atoms with Gasteiger partial charge in [-0.15, -0.1) is 0 Å². The first-order valence-electron chi connectivity index (χ1n) is 0. The van der Waals surface area contributed by atoms with Crippen LogP contribution in [0, 0.1) is 0 Å². The van der Waals surface area contributed by atoms with E-state index in [-0.39, 0.29) is 141 Å². The van der Waals surface area contributed by atoms with Crippen LogP contribution in [-0.2, 0) is 32.7 Å². The van der Waals surface area contributed by atoms with E-state index in [4.69, 9.17) is 0 Å². The summed E-state index contributed by atoms with van der Waals surface area (Å²) in [6.45, 7) is 0. The van der Waals surface area contributed by atoms with E-state index in [1.807, 2.05) is 0 Å². The molecule has 0 saturated carbocycles. The maximum absolute atomic E-state index is 0. The molecule has 0 aliphatic carbocycles. The van der Waals surface area contributed by atoms with Gasteiger partial charge in [0.05, 0.1) is 0 Å². The fourth-order valence-corrected chi connectivity index (χ4v) is 0. The molecule has 0 amide bonds. The van der Waals surface area contributed by atoms with Gasteiger partial charge in [-0.25, -0.2) is 0 Å². The van der Waals surface area contributed by atoms with Crippen LogP contribution in [0.15, 0.2) is 0 Å². The molecule has 0 spiro atoms. The zero-order valence-electron chi connectivity index (χ0n) is 3.17. The second kappa shape index (κ2) is 48.4. The zero-order valence-corrected chi connectivity index (χ0v) is 15.4. The van der Waals surface area contributed by atoms with Gasteiger partial charge in [-0.05, 0) is 0 Å². The monoisotopic (exact) mass is 507 g/mol. The Morgan fingerprint density at radius 3 is 0.429 bits per heavy atom. The normalized spacial score (nSPS) is 0. The molecule has 0 aromatic rings. The molecule has 40 valence electrons. The summed E-state index contributed by atoms with van der Waals surface area (Å²) in [5.41, 5.74) is 0. The van der Waals surface area contributed by atoms with Crippen LogP contribution in [0.4, 0.5) is 0 Å². The molecule has 0 N–H and O–H groups in total. The van der Waals surface area contributed by atoms with Crippen molar-refractivity contribution in [1.29, 1.82) is 0 Å². The third-order valence-electron chi connectivity index (χ3n) is 0. The van der Waals surface area contributed by atoms with E-state index in [1.54, 1.807) is 0 Å². The molecular formula is Br5MgY. The van der Waals surface area contributed by atoms with E-state index < -0.39 is 0 Å².